The van der Waals surface area contributed by atoms with Gasteiger partial charge in [-0.3, -0.25) is 0 Å². The predicted octanol–water partition coefficient (Wildman–Crippen LogP) is 6.79. The molecule has 0 bridgehead atoms. The lowest BCUT2D eigenvalue weighted by Crippen LogP contribution is -2.24. The van der Waals surface area contributed by atoms with Crippen LogP contribution < -0.4 is 0 Å². The highest BCUT2D eigenvalue weighted by molar-refractivity contribution is 5.66. The highest BCUT2D eigenvalue weighted by Crippen LogP contribution is 2.34. The summed E-state index contributed by atoms with van der Waals surface area (Å²) in [5.74, 6) is -2.25. The summed E-state index contributed by atoms with van der Waals surface area (Å²) in [7, 11) is 0. The van der Waals surface area contributed by atoms with Crippen LogP contribution in [0, 0.1) is 17.5 Å². The summed E-state index contributed by atoms with van der Waals surface area (Å²) >= 11 is 0. The second-order valence-electron chi connectivity index (χ2n) is 7.36. The van der Waals surface area contributed by atoms with Crippen molar-refractivity contribution in [3.63, 3.8) is 0 Å². The van der Waals surface area contributed by atoms with E-state index in [1.54, 1.807) is 13.0 Å². The highest BCUT2D eigenvalue weighted by Gasteiger charge is 2.24. The van der Waals surface area contributed by atoms with Gasteiger partial charge in [0.2, 0.25) is 0 Å². The quantitative estimate of drug-likeness (QED) is 0.539. The predicted molar refractivity (Wildman–Crippen MR) is 102 cm³/mol. The second kappa shape index (κ2) is 8.92. The molecular weight excluding hydrogens is 349 g/mol. The Labute approximate surface area is 159 Å². The van der Waals surface area contributed by atoms with Gasteiger partial charge in [-0.25, -0.2) is 13.2 Å². The first-order valence-electron chi connectivity index (χ1n) is 9.93. The topological polar surface area (TPSA) is 9.23 Å². The third-order valence-electron chi connectivity index (χ3n) is 5.55. The zero-order valence-electron chi connectivity index (χ0n) is 16.0. The Hall–Kier alpha value is -1.81. The molecule has 1 aliphatic rings. The maximum Gasteiger partial charge on any atom is 0.167 e. The molecule has 1 saturated heterocycles. The van der Waals surface area contributed by atoms with Gasteiger partial charge in [0.15, 0.2) is 11.6 Å². The molecule has 2 aromatic rings. The molecule has 0 saturated carbocycles. The van der Waals surface area contributed by atoms with Crippen LogP contribution in [-0.2, 0) is 11.2 Å². The molecule has 2 aromatic carbocycles. The Kier molecular flexibility index (Phi) is 6.59. The van der Waals surface area contributed by atoms with Crippen LogP contribution in [0.3, 0.4) is 0 Å². The molecule has 2 unspecified atom stereocenters. The number of rotatable bonds is 6. The first kappa shape index (κ1) is 19.9. The van der Waals surface area contributed by atoms with Crippen LogP contribution in [0.2, 0.25) is 0 Å². The molecule has 1 heterocycles. The van der Waals surface area contributed by atoms with Gasteiger partial charge >= 0.3 is 0 Å². The Morgan fingerprint density at radius 2 is 1.74 bits per heavy atom. The Bertz CT molecular complexity index is 779. The van der Waals surface area contributed by atoms with Crippen molar-refractivity contribution in [2.24, 2.45) is 0 Å². The first-order chi connectivity index (χ1) is 13.0. The van der Waals surface area contributed by atoms with Crippen LogP contribution in [0.1, 0.15) is 63.0 Å². The number of halogens is 3. The minimum absolute atomic E-state index is 0.0340. The third-order valence-corrected chi connectivity index (χ3v) is 5.55. The van der Waals surface area contributed by atoms with Crippen LogP contribution >= 0.6 is 0 Å². The van der Waals surface area contributed by atoms with E-state index in [4.69, 9.17) is 4.74 Å². The maximum absolute atomic E-state index is 14.7. The molecule has 0 amide bonds. The molecule has 0 spiro atoms. The minimum atomic E-state index is -0.985. The summed E-state index contributed by atoms with van der Waals surface area (Å²) < 4.78 is 49.0. The summed E-state index contributed by atoms with van der Waals surface area (Å²) in [5, 5.41) is 0. The first-order valence-corrected chi connectivity index (χ1v) is 9.93. The van der Waals surface area contributed by atoms with E-state index >= 15 is 0 Å². The lowest BCUT2D eigenvalue weighted by Gasteiger charge is -2.29. The number of ether oxygens (including phenoxy) is 1. The third kappa shape index (κ3) is 4.37. The molecule has 146 valence electrons. The largest absolute Gasteiger partial charge is 0.378 e. The smallest absolute Gasteiger partial charge is 0.167 e. The van der Waals surface area contributed by atoms with E-state index in [2.05, 4.69) is 6.92 Å². The van der Waals surface area contributed by atoms with Crippen molar-refractivity contribution in [2.45, 2.75) is 64.4 Å². The van der Waals surface area contributed by atoms with Crippen LogP contribution in [0.25, 0.3) is 11.1 Å². The van der Waals surface area contributed by atoms with E-state index < -0.39 is 17.5 Å². The zero-order chi connectivity index (χ0) is 19.4. The van der Waals surface area contributed by atoms with Crippen LogP contribution in [0.15, 0.2) is 30.3 Å². The lowest BCUT2D eigenvalue weighted by atomic mass is 9.89. The van der Waals surface area contributed by atoms with E-state index in [-0.39, 0.29) is 17.0 Å². The second-order valence-corrected chi connectivity index (χ2v) is 7.36. The number of unbranched alkanes of at least 4 members (excludes halogenated alkanes) is 1. The molecule has 1 aliphatic heterocycles. The molecule has 0 aromatic heterocycles. The van der Waals surface area contributed by atoms with Crippen LogP contribution in [0.4, 0.5) is 13.2 Å². The van der Waals surface area contributed by atoms with Crippen LogP contribution in [-0.4, -0.2) is 12.7 Å². The van der Waals surface area contributed by atoms with Gasteiger partial charge in [-0.05, 0) is 42.9 Å². The van der Waals surface area contributed by atoms with Crippen molar-refractivity contribution in [1.29, 1.82) is 0 Å². The van der Waals surface area contributed by atoms with Crippen molar-refractivity contribution >= 4 is 0 Å². The van der Waals surface area contributed by atoms with E-state index in [1.165, 1.54) is 18.2 Å². The van der Waals surface area contributed by atoms with Gasteiger partial charge in [0, 0.05) is 17.0 Å². The normalized spacial score (nSPS) is 20.0. The Balaban J connectivity index is 1.76. The SMILES string of the molecule is CCCCC1CCC(c2ccc(-c3ccc(CC)c(F)c3F)c(F)c2)CO1. The van der Waals surface area contributed by atoms with E-state index in [9.17, 15) is 13.2 Å². The molecule has 0 radical (unpaired) electrons. The molecule has 3 rings (SSSR count). The van der Waals surface area contributed by atoms with Gasteiger partial charge in [0.25, 0.3) is 0 Å². The van der Waals surface area contributed by atoms with Gasteiger partial charge in [-0.15, -0.1) is 0 Å². The van der Waals surface area contributed by atoms with Gasteiger partial charge in [0.1, 0.15) is 5.82 Å². The van der Waals surface area contributed by atoms with Gasteiger partial charge in [-0.1, -0.05) is 51.0 Å². The molecule has 2 atom stereocenters. The molecule has 27 heavy (non-hydrogen) atoms. The minimum Gasteiger partial charge on any atom is -0.378 e. The van der Waals surface area contributed by atoms with Crippen molar-refractivity contribution in [1.82, 2.24) is 0 Å². The van der Waals surface area contributed by atoms with Crippen molar-refractivity contribution in [2.75, 3.05) is 6.61 Å². The summed E-state index contributed by atoms with van der Waals surface area (Å²) in [6.45, 7) is 4.51. The van der Waals surface area contributed by atoms with Crippen molar-refractivity contribution in [3.05, 3.63) is 58.9 Å². The number of benzene rings is 2. The van der Waals surface area contributed by atoms with E-state index in [1.807, 2.05) is 6.07 Å². The maximum atomic E-state index is 14.7. The molecular formula is C23H27F3O. The summed E-state index contributed by atoms with van der Waals surface area (Å²) in [4.78, 5) is 0. The van der Waals surface area contributed by atoms with E-state index in [0.717, 1.165) is 37.7 Å². The molecule has 1 nitrogen and oxygen atoms in total. The molecule has 0 aliphatic carbocycles. The standard InChI is InChI=1S/C23H27F3O/c1-3-5-6-18-10-7-17(14-27-18)16-9-11-19(21(24)13-16)20-12-8-15(4-2)22(25)23(20)26/h8-9,11-13,17-18H,3-7,10,14H2,1-2H3. The monoisotopic (exact) mass is 376 g/mol. The number of hydrogen-bond acceptors (Lipinski definition) is 1. The highest BCUT2D eigenvalue weighted by atomic mass is 19.2. The zero-order valence-corrected chi connectivity index (χ0v) is 16.0. The summed E-state index contributed by atoms with van der Waals surface area (Å²) in [6, 6.07) is 7.78. The fraction of sp³-hybridized carbons (Fsp3) is 0.478. The van der Waals surface area contributed by atoms with Gasteiger partial charge in [-0.2, -0.15) is 0 Å². The van der Waals surface area contributed by atoms with E-state index in [0.29, 0.717) is 24.7 Å². The van der Waals surface area contributed by atoms with Gasteiger partial charge < -0.3 is 4.74 Å². The summed E-state index contributed by atoms with van der Waals surface area (Å²) in [6.07, 6.45) is 6.04. The Morgan fingerprint density at radius 1 is 0.963 bits per heavy atom. The average molecular weight is 376 g/mol. The fourth-order valence-electron chi connectivity index (χ4n) is 3.80. The molecule has 4 heteroatoms. The van der Waals surface area contributed by atoms with Gasteiger partial charge in [0.05, 0.1) is 12.7 Å². The molecule has 0 N–H and O–H groups in total. The fourth-order valence-corrected chi connectivity index (χ4v) is 3.80. The average Bonchev–Trinajstić information content (AvgIpc) is 2.69. The summed E-state index contributed by atoms with van der Waals surface area (Å²) in [5.41, 5.74) is 1.21. The molecule has 1 fully saturated rings. The van der Waals surface area contributed by atoms with Crippen molar-refractivity contribution in [3.8, 4) is 11.1 Å². The van der Waals surface area contributed by atoms with Crippen LogP contribution in [0.5, 0.6) is 0 Å². The number of aryl methyl sites for hydroxylation is 1. The lowest BCUT2D eigenvalue weighted by molar-refractivity contribution is -0.00193. The Morgan fingerprint density at radius 3 is 2.37 bits per heavy atom. The number of hydrogen-bond donors (Lipinski definition) is 0. The van der Waals surface area contributed by atoms with Crippen molar-refractivity contribution < 1.29 is 17.9 Å².